The predicted octanol–water partition coefficient (Wildman–Crippen LogP) is 4.36. The van der Waals surface area contributed by atoms with E-state index >= 15 is 0 Å². The van der Waals surface area contributed by atoms with Crippen molar-refractivity contribution in [2.45, 2.75) is 0 Å². The fraction of sp³-hybridized carbons (Fsp3) is 0. The van der Waals surface area contributed by atoms with Gasteiger partial charge in [0.1, 0.15) is 5.58 Å². The summed E-state index contributed by atoms with van der Waals surface area (Å²) in [5.41, 5.74) is 2.92. The van der Waals surface area contributed by atoms with Crippen LogP contribution in [0.25, 0.3) is 32.6 Å². The third kappa shape index (κ3) is 0.946. The lowest BCUT2D eigenvalue weighted by Gasteiger charge is -1.99. The van der Waals surface area contributed by atoms with Crippen LogP contribution in [0.4, 0.5) is 0 Å². The monoisotopic (exact) mass is 214 g/mol. The molecule has 3 heteroatoms. The summed E-state index contributed by atoms with van der Waals surface area (Å²) in [5, 5.41) is 3.64. The van der Waals surface area contributed by atoms with E-state index in [4.69, 9.17) is 8.61 Å². The van der Waals surface area contributed by atoms with Crippen molar-refractivity contribution in [3.63, 3.8) is 0 Å². The van der Waals surface area contributed by atoms with Crippen molar-refractivity contribution in [3.05, 3.63) is 36.4 Å². The standard InChI is InChI=1S/C12H7O2P/c1-2-4-10-7(3-1)11-8(14-15-10)5-6-9-12(11)13-9/h1-6,15H. The van der Waals surface area contributed by atoms with Crippen molar-refractivity contribution in [2.24, 2.45) is 0 Å². The summed E-state index contributed by atoms with van der Waals surface area (Å²) in [6.07, 6.45) is 0. The molecule has 4 rings (SSSR count). The molecule has 15 heavy (non-hydrogen) atoms. The molecule has 0 fully saturated rings. The van der Waals surface area contributed by atoms with Crippen molar-refractivity contribution in [1.29, 1.82) is 0 Å². The highest BCUT2D eigenvalue weighted by Crippen LogP contribution is 2.39. The van der Waals surface area contributed by atoms with Crippen LogP contribution in [0.2, 0.25) is 0 Å². The molecule has 2 aromatic heterocycles. The molecule has 0 bridgehead atoms. The number of hydrogen-bond donors (Lipinski definition) is 0. The third-order valence-electron chi connectivity index (χ3n) is 2.72. The van der Waals surface area contributed by atoms with E-state index in [0.29, 0.717) is 8.43 Å². The van der Waals surface area contributed by atoms with Crippen molar-refractivity contribution in [3.8, 4) is 0 Å². The molecule has 0 saturated heterocycles. The second-order valence-corrected chi connectivity index (χ2v) is 4.56. The Morgan fingerprint density at radius 3 is 2.80 bits per heavy atom. The zero-order valence-electron chi connectivity index (χ0n) is 7.78. The first-order valence-corrected chi connectivity index (χ1v) is 5.71. The van der Waals surface area contributed by atoms with Gasteiger partial charge in [-0.2, -0.15) is 0 Å². The van der Waals surface area contributed by atoms with Crippen LogP contribution in [0.15, 0.2) is 45.0 Å². The van der Waals surface area contributed by atoms with Gasteiger partial charge in [0.2, 0.25) is 0 Å². The number of fused-ring (bicyclic) bond motifs is 5. The molecule has 1 atom stereocenters. The normalized spacial score (nSPS) is 12.5. The van der Waals surface area contributed by atoms with Gasteiger partial charge in [-0.25, -0.2) is 0 Å². The van der Waals surface area contributed by atoms with Crippen LogP contribution in [0.1, 0.15) is 0 Å². The molecule has 4 aromatic rings. The third-order valence-corrected chi connectivity index (χ3v) is 3.70. The average molecular weight is 214 g/mol. The maximum absolute atomic E-state index is 5.71. The van der Waals surface area contributed by atoms with Gasteiger partial charge in [0.05, 0.1) is 5.39 Å². The highest BCUT2D eigenvalue weighted by atomic mass is 31.1. The first-order valence-electron chi connectivity index (χ1n) is 4.80. The lowest BCUT2D eigenvalue weighted by atomic mass is 10.1. The van der Waals surface area contributed by atoms with Gasteiger partial charge in [-0.05, 0) is 18.2 Å². The van der Waals surface area contributed by atoms with Crippen molar-refractivity contribution in [1.82, 2.24) is 0 Å². The van der Waals surface area contributed by atoms with Crippen molar-refractivity contribution in [2.75, 3.05) is 0 Å². The summed E-state index contributed by atoms with van der Waals surface area (Å²) < 4.78 is 11.1. The van der Waals surface area contributed by atoms with Crippen LogP contribution in [0, 0.1) is 0 Å². The molecule has 2 heterocycles. The van der Waals surface area contributed by atoms with E-state index in [-0.39, 0.29) is 0 Å². The minimum absolute atomic E-state index is 0.404. The lowest BCUT2D eigenvalue weighted by Crippen LogP contribution is -1.71. The summed E-state index contributed by atoms with van der Waals surface area (Å²) in [5.74, 6) is 0. The average Bonchev–Trinajstić information content (AvgIpc) is 3.07. The van der Waals surface area contributed by atoms with Gasteiger partial charge in [0.25, 0.3) is 0 Å². The lowest BCUT2D eigenvalue weighted by molar-refractivity contribution is 0.750. The first-order chi connectivity index (χ1) is 7.43. The van der Waals surface area contributed by atoms with Gasteiger partial charge >= 0.3 is 0 Å². The molecule has 2 nitrogen and oxygen atoms in total. The number of rotatable bonds is 0. The minimum Gasteiger partial charge on any atom is -0.452 e. The number of benzene rings is 2. The minimum atomic E-state index is 0.404. The molecule has 0 aliphatic heterocycles. The molecule has 1 unspecified atom stereocenters. The Labute approximate surface area is 86.6 Å². The topological polar surface area (TPSA) is 26.3 Å². The van der Waals surface area contributed by atoms with Gasteiger partial charge in [-0.15, -0.1) is 0 Å². The van der Waals surface area contributed by atoms with Gasteiger partial charge in [0, 0.05) is 18.9 Å². The van der Waals surface area contributed by atoms with Crippen LogP contribution in [0.3, 0.4) is 0 Å². The van der Waals surface area contributed by atoms with E-state index < -0.39 is 0 Å². The van der Waals surface area contributed by atoms with Gasteiger partial charge in [0.15, 0.2) is 11.2 Å². The quantitative estimate of drug-likeness (QED) is 0.406. The van der Waals surface area contributed by atoms with Crippen molar-refractivity contribution < 1.29 is 8.61 Å². The molecular formula is C12H7O2P. The van der Waals surface area contributed by atoms with Gasteiger partial charge < -0.3 is 8.61 Å². The van der Waals surface area contributed by atoms with E-state index in [2.05, 4.69) is 18.2 Å². The summed E-state index contributed by atoms with van der Waals surface area (Å²) in [6, 6.07) is 12.3. The molecule has 0 radical (unpaired) electrons. The van der Waals surface area contributed by atoms with Gasteiger partial charge in [-0.1, -0.05) is 18.2 Å². The second kappa shape index (κ2) is 2.47. The molecule has 0 N–H and O–H groups in total. The van der Waals surface area contributed by atoms with E-state index in [1.54, 1.807) is 0 Å². The first kappa shape index (κ1) is 7.61. The highest BCUT2D eigenvalue weighted by Gasteiger charge is 2.14. The Kier molecular flexibility index (Phi) is 1.25. The Morgan fingerprint density at radius 2 is 1.80 bits per heavy atom. The zero-order valence-corrected chi connectivity index (χ0v) is 8.78. The van der Waals surface area contributed by atoms with E-state index in [9.17, 15) is 0 Å². The summed E-state index contributed by atoms with van der Waals surface area (Å²) in [7, 11) is 0.404. The molecule has 0 aliphatic rings. The second-order valence-electron chi connectivity index (χ2n) is 3.62. The van der Waals surface area contributed by atoms with Crippen LogP contribution in [-0.2, 0) is 0 Å². The molecule has 0 amide bonds. The maximum Gasteiger partial charge on any atom is 0.181 e. The molecule has 0 saturated carbocycles. The van der Waals surface area contributed by atoms with Crippen molar-refractivity contribution >= 4 is 41.1 Å². The molecule has 0 aliphatic carbocycles. The zero-order chi connectivity index (χ0) is 9.83. The fourth-order valence-corrected chi connectivity index (χ4v) is 2.83. The van der Waals surface area contributed by atoms with Crippen LogP contribution in [-0.4, -0.2) is 0 Å². The Morgan fingerprint density at radius 1 is 0.933 bits per heavy atom. The highest BCUT2D eigenvalue weighted by molar-refractivity contribution is 7.30. The fourth-order valence-electron chi connectivity index (χ4n) is 1.96. The summed E-state index contributed by atoms with van der Waals surface area (Å²) >= 11 is 0. The van der Waals surface area contributed by atoms with E-state index in [0.717, 1.165) is 22.1 Å². The maximum atomic E-state index is 5.71. The van der Waals surface area contributed by atoms with E-state index in [1.165, 1.54) is 10.5 Å². The van der Waals surface area contributed by atoms with Crippen LogP contribution >= 0.6 is 8.43 Å². The Balaban J connectivity index is 2.40. The molecule has 72 valence electrons. The van der Waals surface area contributed by atoms with Crippen LogP contribution in [0.5, 0.6) is 0 Å². The Hall–Kier alpha value is -1.66. The molecule has 2 aromatic carbocycles. The smallest absolute Gasteiger partial charge is 0.181 e. The SMILES string of the molecule is c1ccc2c(c1)[pH]oc1ccc3oc3c12. The summed E-state index contributed by atoms with van der Waals surface area (Å²) in [4.78, 5) is 0. The molecular weight excluding hydrogens is 207 g/mol. The number of hydrogen-bond acceptors (Lipinski definition) is 2. The molecule has 0 spiro atoms. The van der Waals surface area contributed by atoms with Crippen LogP contribution < -0.4 is 0 Å². The van der Waals surface area contributed by atoms with Gasteiger partial charge in [-0.3, -0.25) is 0 Å². The predicted molar refractivity (Wildman–Crippen MR) is 63.0 cm³/mol. The largest absolute Gasteiger partial charge is 0.452 e. The van der Waals surface area contributed by atoms with E-state index in [1.807, 2.05) is 18.2 Å². The Bertz CT molecular complexity index is 772. The summed E-state index contributed by atoms with van der Waals surface area (Å²) in [6.45, 7) is 0.